The average Bonchev–Trinajstić information content (AvgIpc) is 2.55. The molecule has 2 aromatic carbocycles. The highest BCUT2D eigenvalue weighted by molar-refractivity contribution is 5.92. The molecule has 0 saturated carbocycles. The van der Waals surface area contributed by atoms with E-state index < -0.39 is 11.4 Å². The van der Waals surface area contributed by atoms with Gasteiger partial charge in [0.2, 0.25) is 5.43 Å². The van der Waals surface area contributed by atoms with Crippen molar-refractivity contribution in [1.29, 1.82) is 0 Å². The first kappa shape index (κ1) is 14.1. The fourth-order valence-corrected chi connectivity index (χ4v) is 2.67. The lowest BCUT2D eigenvalue weighted by Gasteiger charge is -2.20. The Bertz CT molecular complexity index is 897. The number of para-hydroxylation sites is 1. The summed E-state index contributed by atoms with van der Waals surface area (Å²) in [6.07, 6.45) is 1.44. The second-order valence-electron chi connectivity index (χ2n) is 5.19. The summed E-state index contributed by atoms with van der Waals surface area (Å²) in [4.78, 5) is 23.7. The Kier molecular flexibility index (Phi) is 3.51. The van der Waals surface area contributed by atoms with Crippen molar-refractivity contribution in [2.24, 2.45) is 0 Å². The Balaban J connectivity index is 2.31. The third-order valence-corrected chi connectivity index (χ3v) is 3.87. The van der Waals surface area contributed by atoms with Crippen LogP contribution in [-0.4, -0.2) is 15.6 Å². The van der Waals surface area contributed by atoms with Crippen molar-refractivity contribution in [3.8, 4) is 0 Å². The summed E-state index contributed by atoms with van der Waals surface area (Å²) in [6, 6.07) is 16.8. The summed E-state index contributed by atoms with van der Waals surface area (Å²) < 4.78 is 1.84. The fourth-order valence-electron chi connectivity index (χ4n) is 2.67. The van der Waals surface area contributed by atoms with E-state index in [1.165, 1.54) is 6.20 Å². The van der Waals surface area contributed by atoms with Crippen molar-refractivity contribution < 1.29 is 9.90 Å². The molecule has 110 valence electrons. The molecular weight excluding hydrogens is 278 g/mol. The molecule has 0 amide bonds. The molecule has 0 aliphatic rings. The summed E-state index contributed by atoms with van der Waals surface area (Å²) in [5.74, 6) is -1.20. The van der Waals surface area contributed by atoms with Crippen LogP contribution >= 0.6 is 0 Å². The first-order valence-electron chi connectivity index (χ1n) is 7.01. The third kappa shape index (κ3) is 2.29. The van der Waals surface area contributed by atoms with Gasteiger partial charge in [-0.3, -0.25) is 4.79 Å². The minimum atomic E-state index is -1.20. The van der Waals surface area contributed by atoms with Crippen molar-refractivity contribution in [1.82, 2.24) is 4.57 Å². The van der Waals surface area contributed by atoms with Crippen LogP contribution in [0.5, 0.6) is 0 Å². The fraction of sp³-hybridized carbons (Fsp3) is 0.111. The lowest BCUT2D eigenvalue weighted by Crippen LogP contribution is -2.20. The molecule has 0 saturated heterocycles. The van der Waals surface area contributed by atoms with E-state index in [2.05, 4.69) is 0 Å². The van der Waals surface area contributed by atoms with Crippen molar-refractivity contribution in [2.45, 2.75) is 13.0 Å². The Morgan fingerprint density at radius 2 is 1.68 bits per heavy atom. The average molecular weight is 293 g/mol. The lowest BCUT2D eigenvalue weighted by molar-refractivity contribution is 0.0695. The smallest absolute Gasteiger partial charge is 0.341 e. The van der Waals surface area contributed by atoms with Crippen LogP contribution in [0, 0.1) is 0 Å². The van der Waals surface area contributed by atoms with Gasteiger partial charge in [-0.25, -0.2) is 4.79 Å². The van der Waals surface area contributed by atoms with E-state index in [9.17, 15) is 14.7 Å². The molecule has 1 heterocycles. The van der Waals surface area contributed by atoms with Crippen molar-refractivity contribution in [3.63, 3.8) is 0 Å². The first-order chi connectivity index (χ1) is 10.6. The van der Waals surface area contributed by atoms with E-state index in [0.29, 0.717) is 5.39 Å². The maximum absolute atomic E-state index is 12.3. The predicted molar refractivity (Wildman–Crippen MR) is 85.4 cm³/mol. The summed E-state index contributed by atoms with van der Waals surface area (Å²) >= 11 is 0. The summed E-state index contributed by atoms with van der Waals surface area (Å²) in [6.45, 7) is 1.98. The van der Waals surface area contributed by atoms with Crippen LogP contribution < -0.4 is 5.43 Å². The van der Waals surface area contributed by atoms with Gasteiger partial charge in [-0.1, -0.05) is 42.5 Å². The topological polar surface area (TPSA) is 59.3 Å². The summed E-state index contributed by atoms with van der Waals surface area (Å²) in [5.41, 5.74) is 1.13. The van der Waals surface area contributed by atoms with E-state index in [1.807, 2.05) is 54.0 Å². The highest BCUT2D eigenvalue weighted by atomic mass is 16.4. The van der Waals surface area contributed by atoms with Crippen LogP contribution in [0.15, 0.2) is 65.6 Å². The van der Waals surface area contributed by atoms with Gasteiger partial charge < -0.3 is 9.67 Å². The second-order valence-corrected chi connectivity index (χ2v) is 5.19. The van der Waals surface area contributed by atoms with Gasteiger partial charge in [-0.2, -0.15) is 0 Å². The number of aromatic nitrogens is 1. The van der Waals surface area contributed by atoms with E-state index in [1.54, 1.807) is 12.1 Å². The molecule has 1 N–H and O–H groups in total. The zero-order valence-electron chi connectivity index (χ0n) is 12.1. The number of nitrogens with zero attached hydrogens (tertiary/aromatic N) is 1. The van der Waals surface area contributed by atoms with E-state index >= 15 is 0 Å². The molecule has 4 heteroatoms. The molecular formula is C18H15NO3. The van der Waals surface area contributed by atoms with Gasteiger partial charge in [-0.05, 0) is 24.6 Å². The molecule has 1 atom stereocenters. The van der Waals surface area contributed by atoms with Gasteiger partial charge in [0, 0.05) is 11.6 Å². The number of benzene rings is 2. The number of carboxylic acids is 1. The van der Waals surface area contributed by atoms with E-state index in [0.717, 1.165) is 11.1 Å². The normalized spacial score (nSPS) is 12.2. The number of carboxylic acid groups (broad SMARTS) is 1. The Labute approximate surface area is 127 Å². The minimum Gasteiger partial charge on any atom is -0.477 e. The lowest BCUT2D eigenvalue weighted by atomic mass is 10.1. The van der Waals surface area contributed by atoms with Gasteiger partial charge in [0.05, 0.1) is 11.6 Å². The first-order valence-corrected chi connectivity index (χ1v) is 7.01. The molecule has 3 aromatic rings. The van der Waals surface area contributed by atoms with Crippen molar-refractivity contribution in [3.05, 3.63) is 82.1 Å². The highest BCUT2D eigenvalue weighted by Crippen LogP contribution is 2.22. The number of carbonyl (C=O) groups is 1. The van der Waals surface area contributed by atoms with Crippen LogP contribution in [0.2, 0.25) is 0 Å². The number of hydrogen-bond donors (Lipinski definition) is 1. The molecule has 0 bridgehead atoms. The maximum Gasteiger partial charge on any atom is 0.341 e. The Morgan fingerprint density at radius 1 is 1.05 bits per heavy atom. The summed E-state index contributed by atoms with van der Waals surface area (Å²) in [5, 5.41) is 9.71. The van der Waals surface area contributed by atoms with Crippen LogP contribution in [0.4, 0.5) is 0 Å². The molecule has 3 rings (SSSR count). The van der Waals surface area contributed by atoms with Crippen LogP contribution in [0.25, 0.3) is 10.9 Å². The number of pyridine rings is 1. The van der Waals surface area contributed by atoms with Gasteiger partial charge in [0.25, 0.3) is 0 Å². The standard InChI is InChI=1S/C18H15NO3/c1-12(13-7-3-2-4-8-13)19-11-15(18(21)22)17(20)14-9-5-6-10-16(14)19/h2-12H,1H3,(H,21,22). The largest absolute Gasteiger partial charge is 0.477 e. The zero-order chi connectivity index (χ0) is 15.7. The van der Waals surface area contributed by atoms with Gasteiger partial charge >= 0.3 is 5.97 Å². The number of hydrogen-bond acceptors (Lipinski definition) is 2. The minimum absolute atomic E-state index is 0.0789. The van der Waals surface area contributed by atoms with Gasteiger partial charge in [0.1, 0.15) is 5.56 Å². The third-order valence-electron chi connectivity index (χ3n) is 3.87. The molecule has 1 aromatic heterocycles. The Hall–Kier alpha value is -2.88. The quantitative estimate of drug-likeness (QED) is 0.806. The molecule has 0 fully saturated rings. The van der Waals surface area contributed by atoms with Crippen LogP contribution in [0.1, 0.15) is 28.9 Å². The Morgan fingerprint density at radius 3 is 2.36 bits per heavy atom. The van der Waals surface area contributed by atoms with Crippen LogP contribution in [-0.2, 0) is 0 Å². The summed E-state index contributed by atoms with van der Waals surface area (Å²) in [7, 11) is 0. The molecule has 0 radical (unpaired) electrons. The predicted octanol–water partition coefficient (Wildman–Crippen LogP) is 3.31. The van der Waals surface area contributed by atoms with Gasteiger partial charge in [0.15, 0.2) is 0 Å². The van der Waals surface area contributed by atoms with Crippen LogP contribution in [0.3, 0.4) is 0 Å². The second kappa shape index (κ2) is 5.48. The zero-order valence-corrected chi connectivity index (χ0v) is 12.1. The molecule has 4 nitrogen and oxygen atoms in total. The molecule has 22 heavy (non-hydrogen) atoms. The monoisotopic (exact) mass is 293 g/mol. The van der Waals surface area contributed by atoms with E-state index in [-0.39, 0.29) is 11.6 Å². The van der Waals surface area contributed by atoms with E-state index in [4.69, 9.17) is 0 Å². The molecule has 0 aliphatic heterocycles. The van der Waals surface area contributed by atoms with Crippen molar-refractivity contribution in [2.75, 3.05) is 0 Å². The number of rotatable bonds is 3. The maximum atomic E-state index is 12.3. The van der Waals surface area contributed by atoms with Gasteiger partial charge in [-0.15, -0.1) is 0 Å². The molecule has 1 unspecified atom stereocenters. The number of aromatic carboxylic acids is 1. The molecule has 0 spiro atoms. The number of fused-ring (bicyclic) bond motifs is 1. The SMILES string of the molecule is CC(c1ccccc1)n1cc(C(=O)O)c(=O)c2ccccc21. The molecule has 0 aliphatic carbocycles. The highest BCUT2D eigenvalue weighted by Gasteiger charge is 2.17. The van der Waals surface area contributed by atoms with Crippen molar-refractivity contribution >= 4 is 16.9 Å².